The molecule has 120 valence electrons. The second-order valence-electron chi connectivity index (χ2n) is 4.57. The fourth-order valence-corrected chi connectivity index (χ4v) is 1.96. The fourth-order valence-electron chi connectivity index (χ4n) is 1.81. The van der Waals surface area contributed by atoms with Gasteiger partial charge in [-0.25, -0.2) is 0 Å². The standard InChI is InChI=1S/C14H19N3O4S/c1-19-5-4-15-13(18)8-17-14(22)16-7-10-2-3-11-12(6-10)21-9-20-11/h2-3,6H,4-5,7-9H2,1H3,(H,15,18)(H2,16,17,22). The van der Waals surface area contributed by atoms with Gasteiger partial charge < -0.3 is 30.2 Å². The molecular formula is C14H19N3O4S. The predicted molar refractivity (Wildman–Crippen MR) is 84.9 cm³/mol. The minimum absolute atomic E-state index is 0.122. The maximum Gasteiger partial charge on any atom is 0.239 e. The van der Waals surface area contributed by atoms with Crippen LogP contribution in [0.15, 0.2) is 18.2 Å². The first kappa shape index (κ1) is 16.3. The molecule has 8 heteroatoms. The summed E-state index contributed by atoms with van der Waals surface area (Å²) in [5.41, 5.74) is 1.01. The molecule has 0 saturated carbocycles. The van der Waals surface area contributed by atoms with Crippen LogP contribution < -0.4 is 25.4 Å². The summed E-state index contributed by atoms with van der Waals surface area (Å²) < 4.78 is 15.4. The van der Waals surface area contributed by atoms with Crippen LogP contribution in [0.25, 0.3) is 0 Å². The fraction of sp³-hybridized carbons (Fsp3) is 0.429. The number of carbonyl (C=O) groups is 1. The lowest BCUT2D eigenvalue weighted by atomic mass is 10.2. The Morgan fingerprint density at radius 2 is 2.09 bits per heavy atom. The van der Waals surface area contributed by atoms with Crippen molar-refractivity contribution in [2.75, 3.05) is 33.6 Å². The summed E-state index contributed by atoms with van der Waals surface area (Å²) in [7, 11) is 1.58. The van der Waals surface area contributed by atoms with Crippen molar-refractivity contribution in [3.8, 4) is 11.5 Å². The monoisotopic (exact) mass is 325 g/mol. The number of methoxy groups -OCH3 is 1. The number of nitrogens with one attached hydrogen (secondary N) is 3. The second-order valence-corrected chi connectivity index (χ2v) is 4.97. The average molecular weight is 325 g/mol. The van der Waals surface area contributed by atoms with Crippen LogP contribution in [0.5, 0.6) is 11.5 Å². The Kier molecular flexibility index (Phi) is 6.23. The molecule has 1 heterocycles. The van der Waals surface area contributed by atoms with Crippen LogP contribution in [0.3, 0.4) is 0 Å². The van der Waals surface area contributed by atoms with E-state index in [1.165, 1.54) is 0 Å². The first-order valence-corrected chi connectivity index (χ1v) is 7.25. The van der Waals surface area contributed by atoms with Gasteiger partial charge in [0, 0.05) is 20.2 Å². The van der Waals surface area contributed by atoms with E-state index in [1.807, 2.05) is 18.2 Å². The Morgan fingerprint density at radius 3 is 2.91 bits per heavy atom. The molecule has 0 radical (unpaired) electrons. The number of benzene rings is 1. The van der Waals surface area contributed by atoms with Gasteiger partial charge in [0.25, 0.3) is 0 Å². The van der Waals surface area contributed by atoms with Gasteiger partial charge in [-0.2, -0.15) is 0 Å². The summed E-state index contributed by atoms with van der Waals surface area (Å²) >= 11 is 5.12. The molecule has 0 fully saturated rings. The Hall–Kier alpha value is -2.06. The summed E-state index contributed by atoms with van der Waals surface area (Å²) in [6, 6.07) is 5.69. The third-order valence-corrected chi connectivity index (χ3v) is 3.22. The van der Waals surface area contributed by atoms with Crippen LogP contribution in [0.4, 0.5) is 0 Å². The van der Waals surface area contributed by atoms with Crippen molar-refractivity contribution in [2.45, 2.75) is 6.54 Å². The van der Waals surface area contributed by atoms with Crippen LogP contribution in [-0.2, 0) is 16.1 Å². The number of thiocarbonyl (C=S) groups is 1. The average Bonchev–Trinajstić information content (AvgIpc) is 2.98. The van der Waals surface area contributed by atoms with Crippen molar-refractivity contribution in [3.63, 3.8) is 0 Å². The van der Waals surface area contributed by atoms with Crippen molar-refractivity contribution >= 4 is 23.2 Å². The topological polar surface area (TPSA) is 80.9 Å². The first-order valence-electron chi connectivity index (χ1n) is 6.85. The largest absolute Gasteiger partial charge is 0.454 e. The maximum atomic E-state index is 11.5. The first-order chi connectivity index (χ1) is 10.7. The number of hydrogen-bond donors (Lipinski definition) is 3. The van der Waals surface area contributed by atoms with Gasteiger partial charge in [0.15, 0.2) is 16.6 Å². The lowest BCUT2D eigenvalue weighted by molar-refractivity contribution is -0.120. The van der Waals surface area contributed by atoms with Gasteiger partial charge in [0.2, 0.25) is 12.7 Å². The van der Waals surface area contributed by atoms with E-state index >= 15 is 0 Å². The molecule has 0 bridgehead atoms. The summed E-state index contributed by atoms with van der Waals surface area (Å²) in [6.07, 6.45) is 0. The molecule has 1 aromatic carbocycles. The quantitative estimate of drug-likeness (QED) is 0.486. The zero-order valence-electron chi connectivity index (χ0n) is 12.3. The Bertz CT molecular complexity index is 539. The molecule has 0 atom stereocenters. The zero-order valence-corrected chi connectivity index (χ0v) is 13.1. The summed E-state index contributed by atoms with van der Waals surface area (Å²) in [6.45, 7) is 1.88. The number of ether oxygens (including phenoxy) is 3. The van der Waals surface area contributed by atoms with Crippen molar-refractivity contribution in [2.24, 2.45) is 0 Å². The highest BCUT2D eigenvalue weighted by Crippen LogP contribution is 2.32. The molecule has 0 aliphatic carbocycles. The molecule has 0 unspecified atom stereocenters. The van der Waals surface area contributed by atoms with Gasteiger partial charge in [-0.3, -0.25) is 4.79 Å². The zero-order chi connectivity index (χ0) is 15.8. The van der Waals surface area contributed by atoms with E-state index in [4.69, 9.17) is 26.4 Å². The molecule has 1 aromatic rings. The molecule has 0 aromatic heterocycles. The number of fused-ring (bicyclic) bond motifs is 1. The molecule has 3 N–H and O–H groups in total. The van der Waals surface area contributed by atoms with Gasteiger partial charge in [-0.1, -0.05) is 6.07 Å². The summed E-state index contributed by atoms with van der Waals surface area (Å²) in [4.78, 5) is 11.5. The van der Waals surface area contributed by atoms with Crippen LogP contribution in [0, 0.1) is 0 Å². The molecule has 1 amide bonds. The molecule has 2 rings (SSSR count). The summed E-state index contributed by atoms with van der Waals surface area (Å²) in [5.74, 6) is 1.34. The van der Waals surface area contributed by atoms with E-state index in [0.29, 0.717) is 24.8 Å². The van der Waals surface area contributed by atoms with E-state index in [1.54, 1.807) is 7.11 Å². The molecule has 7 nitrogen and oxygen atoms in total. The smallest absolute Gasteiger partial charge is 0.239 e. The third-order valence-electron chi connectivity index (χ3n) is 2.93. The lowest BCUT2D eigenvalue weighted by Gasteiger charge is -2.11. The summed E-state index contributed by atoms with van der Waals surface area (Å²) in [5, 5.41) is 8.99. The Labute approximate surface area is 134 Å². The molecular weight excluding hydrogens is 306 g/mol. The van der Waals surface area contributed by atoms with Crippen LogP contribution in [0.2, 0.25) is 0 Å². The molecule has 22 heavy (non-hydrogen) atoms. The van der Waals surface area contributed by atoms with Crippen molar-refractivity contribution in [1.82, 2.24) is 16.0 Å². The number of rotatable bonds is 7. The number of hydrogen-bond acceptors (Lipinski definition) is 5. The van der Waals surface area contributed by atoms with E-state index in [2.05, 4.69) is 16.0 Å². The van der Waals surface area contributed by atoms with Gasteiger partial charge in [0.05, 0.1) is 13.2 Å². The molecule has 1 aliphatic rings. The van der Waals surface area contributed by atoms with Gasteiger partial charge in [0.1, 0.15) is 0 Å². The van der Waals surface area contributed by atoms with Crippen molar-refractivity contribution in [3.05, 3.63) is 23.8 Å². The van der Waals surface area contributed by atoms with Crippen LogP contribution in [-0.4, -0.2) is 44.6 Å². The SMILES string of the molecule is COCCNC(=O)CNC(=S)NCc1ccc2c(c1)OCO2. The minimum Gasteiger partial charge on any atom is -0.454 e. The Morgan fingerprint density at radius 1 is 1.27 bits per heavy atom. The third kappa shape index (κ3) is 5.05. The normalized spacial score (nSPS) is 11.9. The van der Waals surface area contributed by atoms with Gasteiger partial charge in [-0.15, -0.1) is 0 Å². The van der Waals surface area contributed by atoms with Crippen molar-refractivity contribution < 1.29 is 19.0 Å². The maximum absolute atomic E-state index is 11.5. The van der Waals surface area contributed by atoms with E-state index in [0.717, 1.165) is 17.1 Å². The molecule has 0 spiro atoms. The minimum atomic E-state index is -0.135. The van der Waals surface area contributed by atoms with Crippen LogP contribution >= 0.6 is 12.2 Å². The highest BCUT2D eigenvalue weighted by atomic mass is 32.1. The van der Waals surface area contributed by atoms with E-state index in [-0.39, 0.29) is 19.2 Å². The van der Waals surface area contributed by atoms with Crippen molar-refractivity contribution in [1.29, 1.82) is 0 Å². The predicted octanol–water partition coefficient (Wildman–Crippen LogP) is 0.142. The second kappa shape index (κ2) is 8.40. The lowest BCUT2D eigenvalue weighted by Crippen LogP contribution is -2.42. The van der Waals surface area contributed by atoms with E-state index < -0.39 is 0 Å². The van der Waals surface area contributed by atoms with Crippen LogP contribution in [0.1, 0.15) is 5.56 Å². The number of amides is 1. The highest BCUT2D eigenvalue weighted by Gasteiger charge is 2.13. The number of carbonyl (C=O) groups excluding carboxylic acids is 1. The van der Waals surface area contributed by atoms with E-state index in [9.17, 15) is 4.79 Å². The van der Waals surface area contributed by atoms with Gasteiger partial charge in [-0.05, 0) is 29.9 Å². The highest BCUT2D eigenvalue weighted by molar-refractivity contribution is 7.80. The molecule has 0 saturated heterocycles. The molecule has 1 aliphatic heterocycles. The van der Waals surface area contributed by atoms with Gasteiger partial charge >= 0.3 is 0 Å². The Balaban J connectivity index is 1.66.